The van der Waals surface area contributed by atoms with Crippen molar-refractivity contribution in [3.05, 3.63) is 11.9 Å². The maximum absolute atomic E-state index is 12.3. The molecule has 1 aliphatic rings. The van der Waals surface area contributed by atoms with Crippen LogP contribution in [0.5, 0.6) is 0 Å². The van der Waals surface area contributed by atoms with Crippen molar-refractivity contribution in [3.8, 4) is 0 Å². The first-order chi connectivity index (χ1) is 4.96. The summed E-state index contributed by atoms with van der Waals surface area (Å²) in [6.07, 6.45) is -2.46. The van der Waals surface area contributed by atoms with Crippen molar-refractivity contribution in [2.75, 3.05) is 0 Å². The van der Waals surface area contributed by atoms with E-state index in [1.807, 2.05) is 0 Å². The van der Waals surface area contributed by atoms with Gasteiger partial charge in [-0.15, -0.1) is 0 Å². The van der Waals surface area contributed by atoms with Crippen molar-refractivity contribution < 1.29 is 22.6 Å². The van der Waals surface area contributed by atoms with E-state index in [1.54, 1.807) is 0 Å². The summed E-state index contributed by atoms with van der Waals surface area (Å²) in [5.41, 5.74) is 0. The third-order valence-electron chi connectivity index (χ3n) is 1.12. The van der Waals surface area contributed by atoms with Crippen molar-refractivity contribution in [2.45, 2.75) is 12.7 Å². The predicted octanol–water partition coefficient (Wildman–Crippen LogP) is 2.11. The molecule has 0 aromatic carbocycles. The summed E-state index contributed by atoms with van der Waals surface area (Å²) in [6, 6.07) is 0. The second-order valence-corrected chi connectivity index (χ2v) is 2.31. The largest absolute Gasteiger partial charge is 0.406 e. The van der Waals surface area contributed by atoms with Gasteiger partial charge >= 0.3 is 17.1 Å². The topological polar surface area (TPSA) is 18.5 Å². The fourth-order valence-corrected chi connectivity index (χ4v) is 0.905. The molecule has 0 unspecified atom stereocenters. The van der Waals surface area contributed by atoms with Crippen LogP contribution in [0.2, 0.25) is 0 Å². The number of rotatable bonds is 1. The summed E-state index contributed by atoms with van der Waals surface area (Å²) in [5, 5.41) is -0.330. The SMILES string of the molecule is CC1(C(F)=C(F)F)OC(=S)O1. The first kappa shape index (κ1) is 8.32. The van der Waals surface area contributed by atoms with Crippen LogP contribution in [0.3, 0.4) is 0 Å². The molecule has 1 heterocycles. The van der Waals surface area contributed by atoms with Crippen LogP contribution in [0, 0.1) is 0 Å². The van der Waals surface area contributed by atoms with Gasteiger partial charge in [-0.05, 0) is 0 Å². The molecule has 1 saturated heterocycles. The minimum absolute atomic E-state index is 0.330. The molecule has 0 aliphatic carbocycles. The van der Waals surface area contributed by atoms with Gasteiger partial charge in [-0.3, -0.25) is 0 Å². The van der Waals surface area contributed by atoms with Crippen LogP contribution in [0.1, 0.15) is 6.92 Å². The number of hydrogen-bond acceptors (Lipinski definition) is 3. The van der Waals surface area contributed by atoms with E-state index in [0.717, 1.165) is 6.92 Å². The van der Waals surface area contributed by atoms with Crippen LogP contribution < -0.4 is 0 Å². The number of thiocarbonyl (C=S) groups is 1. The Morgan fingerprint density at radius 3 is 2.09 bits per heavy atom. The lowest BCUT2D eigenvalue weighted by Gasteiger charge is -2.36. The molecule has 2 nitrogen and oxygen atoms in total. The maximum Gasteiger partial charge on any atom is 0.359 e. The van der Waals surface area contributed by atoms with Crippen molar-refractivity contribution >= 4 is 17.5 Å². The average Bonchev–Trinajstić information content (AvgIpc) is 1.83. The maximum atomic E-state index is 12.3. The van der Waals surface area contributed by atoms with Crippen LogP contribution >= 0.6 is 12.2 Å². The highest BCUT2D eigenvalue weighted by Crippen LogP contribution is 2.35. The first-order valence-corrected chi connectivity index (χ1v) is 3.00. The molecule has 0 N–H and O–H groups in total. The normalized spacial score (nSPS) is 19.5. The van der Waals surface area contributed by atoms with Gasteiger partial charge in [0, 0.05) is 19.1 Å². The number of hydrogen-bond donors (Lipinski definition) is 0. The van der Waals surface area contributed by atoms with Gasteiger partial charge in [0.05, 0.1) is 0 Å². The lowest BCUT2D eigenvalue weighted by atomic mass is 10.3. The Labute approximate surface area is 65.6 Å². The first-order valence-electron chi connectivity index (χ1n) is 2.59. The van der Waals surface area contributed by atoms with E-state index in [2.05, 4.69) is 21.7 Å². The molecular weight excluding hydrogens is 181 g/mol. The molecular formula is C5H3F3O2S. The van der Waals surface area contributed by atoms with Gasteiger partial charge in [-0.25, -0.2) is 0 Å². The van der Waals surface area contributed by atoms with E-state index < -0.39 is 17.7 Å². The third kappa shape index (κ3) is 1.30. The molecule has 1 fully saturated rings. The molecule has 62 valence electrons. The van der Waals surface area contributed by atoms with E-state index >= 15 is 0 Å². The Kier molecular flexibility index (Phi) is 1.79. The van der Waals surface area contributed by atoms with Gasteiger partial charge in [-0.2, -0.15) is 13.2 Å². The van der Waals surface area contributed by atoms with Crippen LogP contribution in [-0.2, 0) is 9.47 Å². The predicted molar refractivity (Wildman–Crippen MR) is 33.5 cm³/mol. The molecule has 0 saturated carbocycles. The van der Waals surface area contributed by atoms with Crippen molar-refractivity contribution in [2.24, 2.45) is 0 Å². The highest BCUT2D eigenvalue weighted by atomic mass is 32.1. The summed E-state index contributed by atoms with van der Waals surface area (Å²) >= 11 is 4.26. The van der Waals surface area contributed by atoms with Gasteiger partial charge in [0.25, 0.3) is 0 Å². The summed E-state index contributed by atoms with van der Waals surface area (Å²) in [5.74, 6) is -3.75. The minimum atomic E-state index is -2.46. The molecule has 0 radical (unpaired) electrons. The fraction of sp³-hybridized carbons (Fsp3) is 0.400. The Morgan fingerprint density at radius 2 is 1.82 bits per heavy atom. The zero-order valence-electron chi connectivity index (χ0n) is 5.36. The molecule has 0 aromatic heterocycles. The summed E-state index contributed by atoms with van der Waals surface area (Å²) in [7, 11) is 0. The zero-order valence-corrected chi connectivity index (χ0v) is 6.18. The lowest BCUT2D eigenvalue weighted by Crippen LogP contribution is -2.48. The Balaban J connectivity index is 2.77. The smallest absolute Gasteiger partial charge is 0.359 e. The van der Waals surface area contributed by atoms with Crippen molar-refractivity contribution in [1.29, 1.82) is 0 Å². The molecule has 0 spiro atoms. The summed E-state index contributed by atoms with van der Waals surface area (Å²) in [4.78, 5) is 0. The van der Waals surface area contributed by atoms with E-state index in [-0.39, 0.29) is 5.24 Å². The number of halogens is 3. The van der Waals surface area contributed by atoms with Crippen LogP contribution in [0.15, 0.2) is 11.9 Å². The number of ether oxygens (including phenoxy) is 2. The molecule has 1 aliphatic heterocycles. The quantitative estimate of drug-likeness (QED) is 0.581. The highest BCUT2D eigenvalue weighted by molar-refractivity contribution is 7.79. The Morgan fingerprint density at radius 1 is 1.36 bits per heavy atom. The van der Waals surface area contributed by atoms with Gasteiger partial charge in [-0.1, -0.05) is 0 Å². The third-order valence-corrected chi connectivity index (χ3v) is 1.29. The van der Waals surface area contributed by atoms with Crippen LogP contribution in [0.4, 0.5) is 13.2 Å². The zero-order chi connectivity index (χ0) is 8.65. The second kappa shape index (κ2) is 2.37. The second-order valence-electron chi connectivity index (χ2n) is 1.97. The monoisotopic (exact) mass is 184 g/mol. The summed E-state index contributed by atoms with van der Waals surface area (Å²) in [6.45, 7) is 1.01. The van der Waals surface area contributed by atoms with Gasteiger partial charge in [0.2, 0.25) is 5.83 Å². The molecule has 11 heavy (non-hydrogen) atoms. The standard InChI is InChI=1S/C5H3F3O2S/c1-5(2(6)3(7)8)9-4(11)10-5/h1H3. The molecule has 0 bridgehead atoms. The highest BCUT2D eigenvalue weighted by Gasteiger charge is 2.48. The van der Waals surface area contributed by atoms with E-state index in [0.29, 0.717) is 0 Å². The fourth-order valence-electron chi connectivity index (χ4n) is 0.587. The average molecular weight is 184 g/mol. The Bertz CT molecular complexity index is 226. The van der Waals surface area contributed by atoms with Gasteiger partial charge < -0.3 is 9.47 Å². The molecule has 0 aromatic rings. The van der Waals surface area contributed by atoms with Gasteiger partial charge in [0.15, 0.2) is 0 Å². The van der Waals surface area contributed by atoms with Crippen molar-refractivity contribution in [1.82, 2.24) is 0 Å². The van der Waals surface area contributed by atoms with E-state index in [9.17, 15) is 13.2 Å². The van der Waals surface area contributed by atoms with Crippen LogP contribution in [0.25, 0.3) is 0 Å². The Hall–Kier alpha value is -0.780. The van der Waals surface area contributed by atoms with Gasteiger partial charge in [0.1, 0.15) is 0 Å². The molecule has 1 rings (SSSR count). The molecule has 0 amide bonds. The molecule has 6 heteroatoms. The summed E-state index contributed by atoms with van der Waals surface area (Å²) < 4.78 is 44.2. The lowest BCUT2D eigenvalue weighted by molar-refractivity contribution is -0.208. The molecule has 0 atom stereocenters. The van der Waals surface area contributed by atoms with Crippen LogP contribution in [-0.4, -0.2) is 11.0 Å². The van der Waals surface area contributed by atoms with Crippen molar-refractivity contribution in [3.63, 3.8) is 0 Å². The van der Waals surface area contributed by atoms with E-state index in [1.165, 1.54) is 0 Å². The van der Waals surface area contributed by atoms with E-state index in [4.69, 9.17) is 0 Å². The minimum Gasteiger partial charge on any atom is -0.406 e.